The number of benzene rings is 2. The van der Waals surface area contributed by atoms with Crippen LogP contribution in [0.25, 0.3) is 5.76 Å². The van der Waals surface area contributed by atoms with Gasteiger partial charge >= 0.3 is 0 Å². The average Bonchev–Trinajstić information content (AvgIpc) is 3.14. The van der Waals surface area contributed by atoms with Crippen molar-refractivity contribution in [2.75, 3.05) is 39.9 Å². The summed E-state index contributed by atoms with van der Waals surface area (Å²) in [7, 11) is 1.42. The molecule has 0 saturated carbocycles. The van der Waals surface area contributed by atoms with E-state index in [4.69, 9.17) is 9.47 Å². The lowest BCUT2D eigenvalue weighted by Crippen LogP contribution is -2.38. The Morgan fingerprint density at radius 3 is 2.50 bits per heavy atom. The number of aliphatic hydroxyl groups is 1. The van der Waals surface area contributed by atoms with Gasteiger partial charge in [0.05, 0.1) is 29.8 Å². The van der Waals surface area contributed by atoms with Crippen molar-refractivity contribution in [1.29, 1.82) is 0 Å². The van der Waals surface area contributed by atoms with Gasteiger partial charge in [-0.2, -0.15) is 0 Å². The topological polar surface area (TPSA) is 99.5 Å². The Kier molecular flexibility index (Phi) is 9.39. The first-order valence-electron chi connectivity index (χ1n) is 12.1. The molecule has 0 radical (unpaired) electrons. The first-order valence-corrected chi connectivity index (χ1v) is 12.9. The first kappa shape index (κ1) is 27.5. The highest BCUT2D eigenvalue weighted by Gasteiger charge is 2.46. The van der Waals surface area contributed by atoms with Crippen molar-refractivity contribution < 1.29 is 29.3 Å². The van der Waals surface area contributed by atoms with Crippen LogP contribution in [0.2, 0.25) is 0 Å². The van der Waals surface area contributed by atoms with Crippen LogP contribution in [-0.2, 0) is 9.59 Å². The van der Waals surface area contributed by atoms with E-state index in [0.29, 0.717) is 34.5 Å². The zero-order valence-electron chi connectivity index (χ0n) is 21.1. The lowest BCUT2D eigenvalue weighted by Gasteiger charge is -2.28. The highest BCUT2D eigenvalue weighted by molar-refractivity contribution is 9.10. The molecule has 2 aromatic rings. The molecule has 0 spiro atoms. The third kappa shape index (κ3) is 5.68. The van der Waals surface area contributed by atoms with Crippen LogP contribution >= 0.6 is 15.9 Å². The number of nitrogens with zero attached hydrogens (tertiary/aromatic N) is 2. The minimum absolute atomic E-state index is 0.0215. The number of rotatable bonds is 11. The second kappa shape index (κ2) is 12.3. The molecular weight excluding hydrogens is 528 g/mol. The van der Waals surface area contributed by atoms with Gasteiger partial charge in [-0.1, -0.05) is 32.9 Å². The van der Waals surface area contributed by atoms with E-state index >= 15 is 0 Å². The number of phenolic OH excluding ortho intramolecular Hbond substituents is 1. The predicted octanol–water partition coefficient (Wildman–Crippen LogP) is 4.72. The number of likely N-dealkylation sites (tertiary alicyclic amines) is 1. The highest BCUT2D eigenvalue weighted by atomic mass is 79.9. The molecule has 0 bridgehead atoms. The second-order valence-corrected chi connectivity index (χ2v) is 9.30. The van der Waals surface area contributed by atoms with Crippen LogP contribution in [0.3, 0.4) is 0 Å². The van der Waals surface area contributed by atoms with Gasteiger partial charge in [-0.05, 0) is 65.3 Å². The van der Waals surface area contributed by atoms with Gasteiger partial charge in [-0.3, -0.25) is 9.59 Å². The molecule has 1 unspecified atom stereocenters. The van der Waals surface area contributed by atoms with E-state index in [9.17, 15) is 19.8 Å². The van der Waals surface area contributed by atoms with Crippen molar-refractivity contribution in [3.05, 3.63) is 57.6 Å². The maximum Gasteiger partial charge on any atom is 0.295 e. The fraction of sp³-hybridized carbons (Fsp3) is 0.407. The Morgan fingerprint density at radius 2 is 1.86 bits per heavy atom. The Bertz CT molecular complexity index is 1150. The third-order valence-corrected chi connectivity index (χ3v) is 6.86. The highest BCUT2D eigenvalue weighted by Crippen LogP contribution is 2.44. The lowest BCUT2D eigenvalue weighted by atomic mass is 9.95. The molecule has 1 aliphatic heterocycles. The van der Waals surface area contributed by atoms with Gasteiger partial charge in [0.2, 0.25) is 0 Å². The fourth-order valence-electron chi connectivity index (χ4n) is 4.26. The molecule has 1 atom stereocenters. The summed E-state index contributed by atoms with van der Waals surface area (Å²) in [4.78, 5) is 30.2. The van der Waals surface area contributed by atoms with Crippen LogP contribution in [-0.4, -0.2) is 71.6 Å². The number of aromatic hydroxyl groups is 1. The number of likely N-dealkylation sites (N-methyl/N-ethyl adjacent to an activating group) is 1. The molecule has 2 aromatic carbocycles. The molecule has 1 amide bonds. The van der Waals surface area contributed by atoms with Crippen LogP contribution in [0.5, 0.6) is 17.2 Å². The molecule has 1 aliphatic rings. The number of halogens is 1. The first-order chi connectivity index (χ1) is 17.3. The Hall–Kier alpha value is -3.04. The van der Waals surface area contributed by atoms with Gasteiger partial charge in [0.25, 0.3) is 11.7 Å². The van der Waals surface area contributed by atoms with E-state index in [2.05, 4.69) is 20.8 Å². The van der Waals surface area contributed by atoms with E-state index in [0.717, 1.165) is 19.5 Å². The lowest BCUT2D eigenvalue weighted by molar-refractivity contribution is -0.140. The summed E-state index contributed by atoms with van der Waals surface area (Å²) < 4.78 is 11.3. The van der Waals surface area contributed by atoms with Crippen LogP contribution in [0, 0.1) is 0 Å². The summed E-state index contributed by atoms with van der Waals surface area (Å²) in [6, 6.07) is 9.16. The summed E-state index contributed by atoms with van der Waals surface area (Å²) in [5.41, 5.74) is 0.877. The van der Waals surface area contributed by atoms with Gasteiger partial charge in [-0.15, -0.1) is 0 Å². The Balaban J connectivity index is 2.16. The Morgan fingerprint density at radius 1 is 1.14 bits per heavy atom. The van der Waals surface area contributed by atoms with Gasteiger partial charge in [-0.25, -0.2) is 0 Å². The SMILES string of the molecule is CCCOc1cccc(C(O)=C2C(=O)C(=O)N(CCN(CC)CC)C2c2cc(Br)c(O)c(OC)c2)c1. The molecule has 8 nitrogen and oxygen atoms in total. The number of carbonyl (C=O) groups excluding carboxylic acids is 2. The quantitative estimate of drug-likeness (QED) is 0.233. The summed E-state index contributed by atoms with van der Waals surface area (Å²) in [5.74, 6) is -1.09. The minimum Gasteiger partial charge on any atom is -0.507 e. The van der Waals surface area contributed by atoms with Crippen LogP contribution in [0.1, 0.15) is 44.4 Å². The zero-order valence-corrected chi connectivity index (χ0v) is 22.7. The molecule has 9 heteroatoms. The fourth-order valence-corrected chi connectivity index (χ4v) is 4.72. The summed E-state index contributed by atoms with van der Waals surface area (Å²) >= 11 is 3.33. The van der Waals surface area contributed by atoms with Gasteiger partial charge < -0.3 is 29.5 Å². The number of ether oxygens (including phenoxy) is 2. The zero-order chi connectivity index (χ0) is 26.4. The monoisotopic (exact) mass is 560 g/mol. The maximum atomic E-state index is 13.3. The molecule has 0 aliphatic carbocycles. The summed E-state index contributed by atoms with van der Waals surface area (Å²) in [6.07, 6.45) is 0.825. The van der Waals surface area contributed by atoms with Crippen molar-refractivity contribution in [3.63, 3.8) is 0 Å². The molecular formula is C27H33BrN2O6. The number of hydrogen-bond acceptors (Lipinski definition) is 7. The molecule has 1 fully saturated rings. The number of ketones is 1. The predicted molar refractivity (Wildman–Crippen MR) is 141 cm³/mol. The van der Waals surface area contributed by atoms with Crippen molar-refractivity contribution in [1.82, 2.24) is 9.80 Å². The number of aliphatic hydroxyl groups excluding tert-OH is 1. The van der Waals surface area contributed by atoms with E-state index in [1.54, 1.807) is 36.4 Å². The van der Waals surface area contributed by atoms with Crippen LogP contribution in [0.15, 0.2) is 46.4 Å². The van der Waals surface area contributed by atoms with E-state index < -0.39 is 17.7 Å². The number of carbonyl (C=O) groups is 2. The van der Waals surface area contributed by atoms with Gasteiger partial charge in [0, 0.05) is 18.7 Å². The molecule has 3 rings (SSSR count). The van der Waals surface area contributed by atoms with Gasteiger partial charge in [0.15, 0.2) is 11.5 Å². The molecule has 1 saturated heterocycles. The minimum atomic E-state index is -0.869. The average molecular weight is 561 g/mol. The van der Waals surface area contributed by atoms with Crippen molar-refractivity contribution >= 4 is 33.4 Å². The molecule has 36 heavy (non-hydrogen) atoms. The smallest absolute Gasteiger partial charge is 0.295 e. The summed E-state index contributed by atoms with van der Waals surface area (Å²) in [5, 5.41) is 21.7. The second-order valence-electron chi connectivity index (χ2n) is 8.45. The number of amides is 1. The number of phenols is 1. The van der Waals surface area contributed by atoms with Gasteiger partial charge in [0.1, 0.15) is 11.5 Å². The number of hydrogen-bond donors (Lipinski definition) is 2. The molecule has 194 valence electrons. The third-order valence-electron chi connectivity index (χ3n) is 6.26. The van der Waals surface area contributed by atoms with E-state index in [1.165, 1.54) is 12.0 Å². The Labute approximate surface area is 220 Å². The molecule has 2 N–H and O–H groups in total. The van der Waals surface area contributed by atoms with Crippen LogP contribution in [0.4, 0.5) is 0 Å². The standard InChI is InChI=1S/C27H33BrN2O6/c1-5-13-36-19-10-8-9-17(14-19)24(31)22-23(18-15-20(28)25(32)21(16-18)35-4)30(27(34)26(22)33)12-11-29(6-2)7-3/h8-10,14-16,23,31-32H,5-7,11-13H2,1-4H3. The van der Waals surface area contributed by atoms with Crippen molar-refractivity contribution in [2.24, 2.45) is 0 Å². The van der Waals surface area contributed by atoms with Crippen molar-refractivity contribution in [3.8, 4) is 17.2 Å². The molecule has 0 aromatic heterocycles. The van der Waals surface area contributed by atoms with Crippen molar-refractivity contribution in [2.45, 2.75) is 33.2 Å². The van der Waals surface area contributed by atoms with E-state index in [-0.39, 0.29) is 29.4 Å². The van der Waals surface area contributed by atoms with E-state index in [1.807, 2.05) is 20.8 Å². The number of Topliss-reactive ketones (excluding diaryl/α,β-unsaturated/α-hetero) is 1. The normalized spacial score (nSPS) is 17.2. The number of methoxy groups -OCH3 is 1. The maximum absolute atomic E-state index is 13.3. The largest absolute Gasteiger partial charge is 0.507 e. The summed E-state index contributed by atoms with van der Waals surface area (Å²) in [6.45, 7) is 9.02. The van der Waals surface area contributed by atoms with Crippen LogP contribution < -0.4 is 9.47 Å². The molecule has 1 heterocycles.